The molecule has 150 valence electrons. The Kier molecular flexibility index (Phi) is 10.6. The lowest BCUT2D eigenvalue weighted by Crippen LogP contribution is -2.37. The van der Waals surface area contributed by atoms with Crippen LogP contribution in [0.1, 0.15) is 25.8 Å². The minimum Gasteiger partial charge on any atom is -0.493 e. The van der Waals surface area contributed by atoms with Crippen LogP contribution in [0.2, 0.25) is 0 Å². The van der Waals surface area contributed by atoms with Crippen molar-refractivity contribution in [2.45, 2.75) is 20.3 Å². The van der Waals surface area contributed by atoms with Gasteiger partial charge in [0.15, 0.2) is 11.5 Å². The summed E-state index contributed by atoms with van der Waals surface area (Å²) in [6.45, 7) is 5.14. The molecule has 1 rings (SSSR count). The molecule has 0 atom stereocenters. The maximum Gasteiger partial charge on any atom is 0.325 e. The molecule has 1 aromatic carbocycles. The second-order valence-electron chi connectivity index (χ2n) is 5.65. The first-order chi connectivity index (χ1) is 13.0. The molecule has 0 saturated carbocycles. The van der Waals surface area contributed by atoms with Crippen molar-refractivity contribution in [3.63, 3.8) is 0 Å². The fourth-order valence-electron chi connectivity index (χ4n) is 2.22. The molecule has 7 nitrogen and oxygen atoms in total. The highest BCUT2D eigenvalue weighted by molar-refractivity contribution is 5.93. The van der Waals surface area contributed by atoms with Crippen LogP contribution in [0.25, 0.3) is 6.08 Å². The average Bonchev–Trinajstić information content (AvgIpc) is 2.68. The summed E-state index contributed by atoms with van der Waals surface area (Å²) in [7, 11) is 3.11. The van der Waals surface area contributed by atoms with Gasteiger partial charge in [-0.1, -0.05) is 13.0 Å². The second kappa shape index (κ2) is 12.8. The monoisotopic (exact) mass is 379 g/mol. The number of methoxy groups -OCH3 is 2. The number of esters is 1. The normalized spacial score (nSPS) is 10.7. The van der Waals surface area contributed by atoms with Crippen LogP contribution >= 0.6 is 0 Å². The van der Waals surface area contributed by atoms with E-state index in [1.54, 1.807) is 32.2 Å². The maximum atomic E-state index is 12.4. The predicted octanol–water partition coefficient (Wildman–Crippen LogP) is 2.54. The smallest absolute Gasteiger partial charge is 0.325 e. The van der Waals surface area contributed by atoms with Gasteiger partial charge in [-0.2, -0.15) is 0 Å². The first kappa shape index (κ1) is 22.5. The van der Waals surface area contributed by atoms with Crippen LogP contribution in [-0.2, 0) is 19.1 Å². The van der Waals surface area contributed by atoms with Crippen molar-refractivity contribution in [3.8, 4) is 11.5 Å². The quantitative estimate of drug-likeness (QED) is 0.410. The summed E-state index contributed by atoms with van der Waals surface area (Å²) in [6, 6.07) is 5.43. The van der Waals surface area contributed by atoms with Gasteiger partial charge in [0.2, 0.25) is 5.91 Å². The van der Waals surface area contributed by atoms with Gasteiger partial charge in [0.05, 0.1) is 26.9 Å². The van der Waals surface area contributed by atoms with E-state index in [-0.39, 0.29) is 19.1 Å². The Morgan fingerprint density at radius 3 is 2.52 bits per heavy atom. The minimum atomic E-state index is -0.450. The van der Waals surface area contributed by atoms with Crippen molar-refractivity contribution in [3.05, 3.63) is 29.8 Å². The fraction of sp³-hybridized carbons (Fsp3) is 0.500. The molecule has 1 amide bonds. The Hall–Kier alpha value is -2.54. The summed E-state index contributed by atoms with van der Waals surface area (Å²) in [6.07, 6.45) is 3.98. The van der Waals surface area contributed by atoms with E-state index in [1.165, 1.54) is 18.1 Å². The summed E-state index contributed by atoms with van der Waals surface area (Å²) in [5, 5.41) is 0. The van der Waals surface area contributed by atoms with Crippen molar-refractivity contribution in [2.24, 2.45) is 0 Å². The van der Waals surface area contributed by atoms with Crippen LogP contribution < -0.4 is 9.47 Å². The molecule has 0 N–H and O–H groups in total. The Balaban J connectivity index is 2.83. The zero-order valence-corrected chi connectivity index (χ0v) is 16.5. The largest absolute Gasteiger partial charge is 0.493 e. The van der Waals surface area contributed by atoms with Crippen molar-refractivity contribution in [1.82, 2.24) is 4.90 Å². The van der Waals surface area contributed by atoms with Crippen molar-refractivity contribution in [1.29, 1.82) is 0 Å². The number of ether oxygens (including phenoxy) is 4. The molecule has 0 unspecified atom stereocenters. The summed E-state index contributed by atoms with van der Waals surface area (Å²) in [5.41, 5.74) is 0.784. The van der Waals surface area contributed by atoms with Gasteiger partial charge in [0.1, 0.15) is 6.54 Å². The van der Waals surface area contributed by atoms with Gasteiger partial charge < -0.3 is 23.8 Å². The number of hydrogen-bond acceptors (Lipinski definition) is 6. The fourth-order valence-corrected chi connectivity index (χ4v) is 2.22. The molecule has 0 aliphatic carbocycles. The van der Waals surface area contributed by atoms with Crippen molar-refractivity contribution >= 4 is 18.0 Å². The van der Waals surface area contributed by atoms with Crippen LogP contribution in [0, 0.1) is 0 Å². The van der Waals surface area contributed by atoms with Gasteiger partial charge in [-0.15, -0.1) is 0 Å². The van der Waals surface area contributed by atoms with E-state index < -0.39 is 5.97 Å². The number of nitrogens with zero attached hydrogens (tertiary/aromatic N) is 1. The van der Waals surface area contributed by atoms with Crippen LogP contribution in [0.4, 0.5) is 0 Å². The van der Waals surface area contributed by atoms with E-state index >= 15 is 0 Å². The van der Waals surface area contributed by atoms with Gasteiger partial charge in [-0.05, 0) is 37.1 Å². The molecule has 0 fully saturated rings. The molecule has 0 aliphatic heterocycles. The van der Waals surface area contributed by atoms with Gasteiger partial charge in [-0.3, -0.25) is 9.59 Å². The molecular weight excluding hydrogens is 350 g/mol. The summed E-state index contributed by atoms with van der Waals surface area (Å²) < 4.78 is 20.9. The Labute approximate surface area is 160 Å². The van der Waals surface area contributed by atoms with Gasteiger partial charge in [-0.25, -0.2) is 0 Å². The zero-order chi connectivity index (χ0) is 20.1. The highest BCUT2D eigenvalue weighted by atomic mass is 16.5. The van der Waals surface area contributed by atoms with Crippen LogP contribution in [-0.4, -0.2) is 63.9 Å². The third-order valence-corrected chi connectivity index (χ3v) is 3.57. The van der Waals surface area contributed by atoms with Crippen molar-refractivity contribution < 1.29 is 28.5 Å². The van der Waals surface area contributed by atoms with E-state index in [0.29, 0.717) is 31.3 Å². The highest BCUT2D eigenvalue weighted by Crippen LogP contribution is 2.28. The zero-order valence-electron chi connectivity index (χ0n) is 16.5. The molecule has 1 aromatic rings. The van der Waals surface area contributed by atoms with Gasteiger partial charge >= 0.3 is 5.97 Å². The number of amides is 1. The number of rotatable bonds is 12. The third-order valence-electron chi connectivity index (χ3n) is 3.57. The SMILES string of the molecule is CCCOc1ccc(/C=C/C(=O)N(CCOC)CC(=O)OCC)cc1OC. The minimum absolute atomic E-state index is 0.118. The molecule has 0 spiro atoms. The maximum absolute atomic E-state index is 12.4. The second-order valence-corrected chi connectivity index (χ2v) is 5.65. The topological polar surface area (TPSA) is 74.3 Å². The lowest BCUT2D eigenvalue weighted by Gasteiger charge is -2.19. The summed E-state index contributed by atoms with van der Waals surface area (Å²) in [5.74, 6) is 0.507. The van der Waals surface area contributed by atoms with E-state index in [2.05, 4.69) is 0 Å². The average molecular weight is 379 g/mol. The van der Waals surface area contributed by atoms with Crippen LogP contribution in [0.15, 0.2) is 24.3 Å². The summed E-state index contributed by atoms with van der Waals surface area (Å²) in [4.78, 5) is 25.5. The molecule has 0 radical (unpaired) electrons. The van der Waals surface area contributed by atoms with Crippen LogP contribution in [0.5, 0.6) is 11.5 Å². The molecular formula is C20H29NO6. The van der Waals surface area contributed by atoms with Gasteiger partial charge in [0.25, 0.3) is 0 Å². The first-order valence-electron chi connectivity index (χ1n) is 8.98. The Bertz CT molecular complexity index is 629. The summed E-state index contributed by atoms with van der Waals surface area (Å²) >= 11 is 0. The Morgan fingerprint density at radius 1 is 1.11 bits per heavy atom. The molecule has 7 heteroatoms. The number of hydrogen-bond donors (Lipinski definition) is 0. The molecule has 0 aliphatic rings. The number of carbonyl (C=O) groups is 2. The van der Waals surface area contributed by atoms with E-state index in [4.69, 9.17) is 18.9 Å². The third kappa shape index (κ3) is 8.13. The Morgan fingerprint density at radius 2 is 1.89 bits per heavy atom. The standard InChI is InChI=1S/C20H29NO6/c1-5-12-27-17-9-7-16(14-18(17)25-4)8-10-19(22)21(11-13-24-3)15-20(23)26-6-2/h7-10,14H,5-6,11-13,15H2,1-4H3/b10-8+. The van der Waals surface area contributed by atoms with Gasteiger partial charge in [0, 0.05) is 19.7 Å². The lowest BCUT2D eigenvalue weighted by molar-refractivity contribution is -0.148. The first-order valence-corrected chi connectivity index (χ1v) is 8.98. The molecule has 0 saturated heterocycles. The van der Waals surface area contributed by atoms with Crippen molar-refractivity contribution in [2.75, 3.05) is 47.1 Å². The molecule has 0 aromatic heterocycles. The molecule has 0 heterocycles. The predicted molar refractivity (Wildman–Crippen MR) is 103 cm³/mol. The molecule has 27 heavy (non-hydrogen) atoms. The highest BCUT2D eigenvalue weighted by Gasteiger charge is 2.15. The lowest BCUT2D eigenvalue weighted by atomic mass is 10.2. The van der Waals surface area contributed by atoms with E-state index in [1.807, 2.05) is 13.0 Å². The van der Waals surface area contributed by atoms with E-state index in [0.717, 1.165) is 12.0 Å². The number of benzene rings is 1. The van der Waals surface area contributed by atoms with Crippen LogP contribution in [0.3, 0.4) is 0 Å². The number of carbonyl (C=O) groups excluding carboxylic acids is 2. The molecule has 0 bridgehead atoms. The van der Waals surface area contributed by atoms with E-state index in [9.17, 15) is 9.59 Å².